The largest absolute Gasteiger partial charge is 0.365 e. The van der Waals surface area contributed by atoms with Crippen molar-refractivity contribution in [1.82, 2.24) is 10.3 Å². The molecule has 1 aromatic rings. The Morgan fingerprint density at radius 2 is 2.53 bits per heavy atom. The summed E-state index contributed by atoms with van der Waals surface area (Å²) in [6, 6.07) is 4.06. The molecular formula is C10H11ClN4. The van der Waals surface area contributed by atoms with Gasteiger partial charge >= 0.3 is 0 Å². The van der Waals surface area contributed by atoms with Gasteiger partial charge in [-0.2, -0.15) is 5.26 Å². The molecule has 0 saturated carbocycles. The zero-order valence-corrected chi connectivity index (χ0v) is 8.88. The van der Waals surface area contributed by atoms with Crippen LogP contribution in [0.1, 0.15) is 12.0 Å². The molecule has 1 fully saturated rings. The smallest absolute Gasteiger partial charge is 0.144 e. The van der Waals surface area contributed by atoms with Crippen LogP contribution in [0.15, 0.2) is 12.3 Å². The normalized spacial score (nSPS) is 19.9. The standard InChI is InChI=1S/C10H11ClN4/c11-8-3-7(4-12)10(14-5-8)15-9-1-2-13-6-9/h3,5,9,13H,1-2,6H2,(H,14,15). The summed E-state index contributed by atoms with van der Waals surface area (Å²) in [4.78, 5) is 4.12. The summed E-state index contributed by atoms with van der Waals surface area (Å²) in [6.07, 6.45) is 2.60. The summed E-state index contributed by atoms with van der Waals surface area (Å²) >= 11 is 5.76. The van der Waals surface area contributed by atoms with Crippen LogP contribution in [0.2, 0.25) is 5.02 Å². The van der Waals surface area contributed by atoms with Gasteiger partial charge in [0, 0.05) is 18.8 Å². The molecule has 0 spiro atoms. The molecule has 2 N–H and O–H groups in total. The molecule has 0 amide bonds. The molecule has 1 aliphatic rings. The predicted molar refractivity (Wildman–Crippen MR) is 58.9 cm³/mol. The second kappa shape index (κ2) is 4.47. The molecule has 78 valence electrons. The molecule has 1 atom stereocenters. The van der Waals surface area contributed by atoms with Gasteiger partial charge in [-0.1, -0.05) is 11.6 Å². The van der Waals surface area contributed by atoms with Crippen LogP contribution in [0.25, 0.3) is 0 Å². The average Bonchev–Trinajstić information content (AvgIpc) is 2.73. The molecule has 0 aromatic carbocycles. The highest BCUT2D eigenvalue weighted by atomic mass is 35.5. The number of nitrogens with one attached hydrogen (secondary N) is 2. The lowest BCUT2D eigenvalue weighted by Crippen LogP contribution is -2.23. The number of anilines is 1. The Hall–Kier alpha value is -1.31. The molecule has 1 saturated heterocycles. The number of nitrogens with zero attached hydrogens (tertiary/aromatic N) is 2. The van der Waals surface area contributed by atoms with Gasteiger partial charge in [0.15, 0.2) is 0 Å². The maximum Gasteiger partial charge on any atom is 0.144 e. The van der Waals surface area contributed by atoms with Crippen molar-refractivity contribution in [1.29, 1.82) is 5.26 Å². The topological polar surface area (TPSA) is 60.7 Å². The molecule has 0 bridgehead atoms. The highest BCUT2D eigenvalue weighted by Crippen LogP contribution is 2.18. The molecule has 1 aromatic heterocycles. The van der Waals surface area contributed by atoms with Gasteiger partial charge in [0.05, 0.1) is 10.6 Å². The Balaban J connectivity index is 2.16. The van der Waals surface area contributed by atoms with Crippen molar-refractivity contribution in [3.63, 3.8) is 0 Å². The highest BCUT2D eigenvalue weighted by molar-refractivity contribution is 6.30. The summed E-state index contributed by atoms with van der Waals surface area (Å²) in [6.45, 7) is 1.92. The fourth-order valence-electron chi connectivity index (χ4n) is 1.61. The van der Waals surface area contributed by atoms with Gasteiger partial charge in [-0.15, -0.1) is 0 Å². The molecule has 0 aliphatic carbocycles. The Kier molecular flexibility index (Phi) is 3.05. The van der Waals surface area contributed by atoms with Crippen molar-refractivity contribution >= 4 is 17.4 Å². The van der Waals surface area contributed by atoms with Crippen LogP contribution in [0, 0.1) is 11.3 Å². The van der Waals surface area contributed by atoms with Crippen LogP contribution in [0.3, 0.4) is 0 Å². The lowest BCUT2D eigenvalue weighted by molar-refractivity contribution is 0.787. The quantitative estimate of drug-likeness (QED) is 0.794. The summed E-state index contributed by atoms with van der Waals surface area (Å²) in [5.41, 5.74) is 0.495. The molecular weight excluding hydrogens is 212 g/mol. The van der Waals surface area contributed by atoms with E-state index >= 15 is 0 Å². The van der Waals surface area contributed by atoms with Gasteiger partial charge < -0.3 is 10.6 Å². The van der Waals surface area contributed by atoms with E-state index in [1.54, 1.807) is 12.3 Å². The lowest BCUT2D eigenvalue weighted by atomic mass is 10.2. The summed E-state index contributed by atoms with van der Waals surface area (Å²) < 4.78 is 0. The fourth-order valence-corrected chi connectivity index (χ4v) is 1.77. The van der Waals surface area contributed by atoms with Crippen LogP contribution in [0.4, 0.5) is 5.82 Å². The SMILES string of the molecule is N#Cc1cc(Cl)cnc1NC1CCNC1. The third-order valence-electron chi connectivity index (χ3n) is 2.38. The fraction of sp³-hybridized carbons (Fsp3) is 0.400. The number of aromatic nitrogens is 1. The van der Waals surface area contributed by atoms with E-state index in [4.69, 9.17) is 16.9 Å². The first-order valence-corrected chi connectivity index (χ1v) is 5.20. The zero-order valence-electron chi connectivity index (χ0n) is 8.13. The third-order valence-corrected chi connectivity index (χ3v) is 2.58. The van der Waals surface area contributed by atoms with Gasteiger partial charge in [-0.3, -0.25) is 0 Å². The number of hydrogen-bond acceptors (Lipinski definition) is 4. The van der Waals surface area contributed by atoms with Crippen molar-refractivity contribution in [2.45, 2.75) is 12.5 Å². The maximum absolute atomic E-state index is 8.91. The molecule has 4 nitrogen and oxygen atoms in total. The first-order valence-electron chi connectivity index (χ1n) is 4.82. The van der Waals surface area contributed by atoms with Crippen molar-refractivity contribution in [3.05, 3.63) is 22.8 Å². The number of pyridine rings is 1. The average molecular weight is 223 g/mol. The molecule has 15 heavy (non-hydrogen) atoms. The van der Waals surface area contributed by atoms with E-state index < -0.39 is 0 Å². The molecule has 1 aliphatic heterocycles. The van der Waals surface area contributed by atoms with Crippen LogP contribution in [-0.4, -0.2) is 24.1 Å². The Labute approximate surface area is 93.3 Å². The number of rotatable bonds is 2. The first-order chi connectivity index (χ1) is 7.29. The van der Waals surface area contributed by atoms with E-state index in [2.05, 4.69) is 21.7 Å². The first kappa shape index (κ1) is 10.2. The van der Waals surface area contributed by atoms with Crippen molar-refractivity contribution < 1.29 is 0 Å². The Morgan fingerprint density at radius 3 is 3.20 bits per heavy atom. The van der Waals surface area contributed by atoms with E-state index in [9.17, 15) is 0 Å². The monoisotopic (exact) mass is 222 g/mol. The molecule has 1 unspecified atom stereocenters. The van der Waals surface area contributed by atoms with Crippen molar-refractivity contribution in [2.75, 3.05) is 18.4 Å². The predicted octanol–water partition coefficient (Wildman–Crippen LogP) is 1.38. The molecule has 2 rings (SSSR count). The van der Waals surface area contributed by atoms with Crippen LogP contribution >= 0.6 is 11.6 Å². The zero-order chi connectivity index (χ0) is 10.7. The maximum atomic E-state index is 8.91. The minimum Gasteiger partial charge on any atom is -0.365 e. The number of halogens is 1. The van der Waals surface area contributed by atoms with Crippen LogP contribution in [0.5, 0.6) is 0 Å². The Morgan fingerprint density at radius 1 is 1.67 bits per heavy atom. The molecule has 2 heterocycles. The molecule has 0 radical (unpaired) electrons. The highest BCUT2D eigenvalue weighted by Gasteiger charge is 2.16. The van der Waals surface area contributed by atoms with Gasteiger partial charge in [0.2, 0.25) is 0 Å². The van der Waals surface area contributed by atoms with Crippen LogP contribution < -0.4 is 10.6 Å². The minimum atomic E-state index is 0.353. The number of nitriles is 1. The minimum absolute atomic E-state index is 0.353. The van der Waals surface area contributed by atoms with Crippen molar-refractivity contribution in [3.8, 4) is 6.07 Å². The Bertz CT molecular complexity index is 393. The lowest BCUT2D eigenvalue weighted by Gasteiger charge is -2.12. The van der Waals surface area contributed by atoms with E-state index in [-0.39, 0.29) is 0 Å². The van der Waals surface area contributed by atoms with Crippen molar-refractivity contribution in [2.24, 2.45) is 0 Å². The molecule has 5 heteroatoms. The number of hydrogen-bond donors (Lipinski definition) is 2. The summed E-state index contributed by atoms with van der Waals surface area (Å²) in [5.74, 6) is 0.621. The third kappa shape index (κ3) is 2.38. The summed E-state index contributed by atoms with van der Waals surface area (Å²) in [5, 5.41) is 15.9. The van der Waals surface area contributed by atoms with Crippen LogP contribution in [-0.2, 0) is 0 Å². The van der Waals surface area contributed by atoms with E-state index in [1.165, 1.54) is 0 Å². The van der Waals surface area contributed by atoms with Gasteiger partial charge in [0.25, 0.3) is 0 Å². The van der Waals surface area contributed by atoms with Gasteiger partial charge in [-0.05, 0) is 19.0 Å². The van der Waals surface area contributed by atoms with Gasteiger partial charge in [0.1, 0.15) is 11.9 Å². The second-order valence-electron chi connectivity index (χ2n) is 3.50. The van der Waals surface area contributed by atoms with E-state index in [1.807, 2.05) is 0 Å². The van der Waals surface area contributed by atoms with Gasteiger partial charge in [-0.25, -0.2) is 4.98 Å². The second-order valence-corrected chi connectivity index (χ2v) is 3.93. The summed E-state index contributed by atoms with van der Waals surface area (Å²) in [7, 11) is 0. The van der Waals surface area contributed by atoms with E-state index in [0.717, 1.165) is 19.5 Å². The van der Waals surface area contributed by atoms with E-state index in [0.29, 0.717) is 22.4 Å².